The largest absolute Gasteiger partial charge is 0.395 e. The van der Waals surface area contributed by atoms with Gasteiger partial charge in [-0.25, -0.2) is 0 Å². The summed E-state index contributed by atoms with van der Waals surface area (Å²) in [6, 6.07) is 1.37. The number of halogens is 2. The van der Waals surface area contributed by atoms with Crippen LogP contribution in [0.5, 0.6) is 0 Å². The molecule has 0 aromatic rings. The van der Waals surface area contributed by atoms with Crippen LogP contribution in [0.1, 0.15) is 12.8 Å². The van der Waals surface area contributed by atoms with E-state index in [1.54, 1.807) is 0 Å². The Morgan fingerprint density at radius 2 is 2.07 bits per heavy atom. The van der Waals surface area contributed by atoms with Gasteiger partial charge in [0.1, 0.15) is 0 Å². The number of rotatable bonds is 1. The van der Waals surface area contributed by atoms with Gasteiger partial charge in [-0.05, 0) is 12.8 Å². The number of thiol groups is 1. The minimum absolute atomic E-state index is 0. The van der Waals surface area contributed by atoms with Gasteiger partial charge >= 0.3 is 0 Å². The normalized spacial score (nSPS) is 39.6. The van der Waals surface area contributed by atoms with E-state index in [1.807, 2.05) is 0 Å². The zero-order chi connectivity index (χ0) is 9.26. The maximum Gasteiger partial charge on any atom is 0.0585 e. The lowest BCUT2D eigenvalue weighted by Gasteiger charge is -2.08. The third kappa shape index (κ3) is 4.67. The molecule has 0 aromatic heterocycles. The number of hydrogen-bond acceptors (Lipinski definition) is 4. The molecule has 0 spiro atoms. The Hall–Kier alpha value is 0.810. The molecule has 0 bridgehead atoms. The van der Waals surface area contributed by atoms with E-state index in [1.165, 1.54) is 19.5 Å². The van der Waals surface area contributed by atoms with Crippen LogP contribution in [-0.4, -0.2) is 53.6 Å². The van der Waals surface area contributed by atoms with Crippen LogP contribution in [0.2, 0.25) is 0 Å². The number of aliphatic hydroxyl groups excluding tert-OH is 1. The molecule has 0 aromatic carbocycles. The van der Waals surface area contributed by atoms with Gasteiger partial charge in [-0.1, -0.05) is 0 Å². The molecule has 4 atom stereocenters. The topological polar surface area (TPSA) is 35.3 Å². The van der Waals surface area contributed by atoms with Gasteiger partial charge in [0.15, 0.2) is 0 Å². The van der Waals surface area contributed by atoms with Gasteiger partial charge in [-0.3, -0.25) is 4.90 Å². The second-order valence-electron chi connectivity index (χ2n) is 4.11. The van der Waals surface area contributed by atoms with Crippen molar-refractivity contribution in [2.75, 3.05) is 26.2 Å². The van der Waals surface area contributed by atoms with E-state index in [-0.39, 0.29) is 31.4 Å². The second kappa shape index (κ2) is 7.20. The lowest BCUT2D eigenvalue weighted by atomic mass is 10.2. The van der Waals surface area contributed by atoms with Crippen LogP contribution in [0.4, 0.5) is 0 Å². The van der Waals surface area contributed by atoms with Crippen LogP contribution in [0, 0.1) is 0 Å². The fourth-order valence-electron chi connectivity index (χ4n) is 1.84. The average molecular weight is 275 g/mol. The third-order valence-electron chi connectivity index (χ3n) is 3.00. The second-order valence-corrected chi connectivity index (χ2v) is 4.85. The van der Waals surface area contributed by atoms with Crippen LogP contribution in [0.15, 0.2) is 0 Å². The van der Waals surface area contributed by atoms with Crippen molar-refractivity contribution in [3.63, 3.8) is 0 Å². The first-order chi connectivity index (χ1) is 6.29. The third-order valence-corrected chi connectivity index (χ3v) is 3.39. The van der Waals surface area contributed by atoms with Crippen LogP contribution < -0.4 is 5.32 Å². The van der Waals surface area contributed by atoms with E-state index in [0.29, 0.717) is 11.3 Å². The predicted molar refractivity (Wildman–Crippen MR) is 70.7 cm³/mol. The molecule has 3 fully saturated rings. The summed E-state index contributed by atoms with van der Waals surface area (Å²) in [5.74, 6) is 0. The van der Waals surface area contributed by atoms with Crippen LogP contribution >= 0.6 is 37.4 Å². The molecular weight excluding hydrogens is 255 g/mol. The van der Waals surface area contributed by atoms with Crippen molar-refractivity contribution < 1.29 is 5.11 Å². The first-order valence-electron chi connectivity index (χ1n) is 5.06. The van der Waals surface area contributed by atoms with Crippen molar-refractivity contribution in [3.05, 3.63) is 0 Å². The number of aliphatic hydroxyl groups is 1. The van der Waals surface area contributed by atoms with Gasteiger partial charge in [-0.2, -0.15) is 12.6 Å². The van der Waals surface area contributed by atoms with E-state index in [0.717, 1.165) is 19.0 Å². The Bertz CT molecular complexity index is 175. The molecule has 2 N–H and O–H groups in total. The molecule has 3 aliphatic rings. The Balaban J connectivity index is 0.000000244. The highest BCUT2D eigenvalue weighted by Crippen LogP contribution is 2.30. The van der Waals surface area contributed by atoms with Gasteiger partial charge in [0.2, 0.25) is 0 Å². The predicted octanol–water partition coefficient (Wildman–Crippen LogP) is 0.557. The number of fused-ring (bicyclic) bond motifs is 1. The van der Waals surface area contributed by atoms with Crippen molar-refractivity contribution in [1.29, 1.82) is 0 Å². The molecule has 0 amide bonds. The molecule has 6 heteroatoms. The van der Waals surface area contributed by atoms with Crippen LogP contribution in [0.3, 0.4) is 0 Å². The molecule has 0 saturated carbocycles. The minimum Gasteiger partial charge on any atom is -0.395 e. The van der Waals surface area contributed by atoms with Crippen molar-refractivity contribution in [2.45, 2.75) is 30.2 Å². The number of nitrogens with zero attached hydrogens (tertiary/aromatic N) is 1. The van der Waals surface area contributed by atoms with E-state index >= 15 is 0 Å². The van der Waals surface area contributed by atoms with Crippen molar-refractivity contribution in [1.82, 2.24) is 10.2 Å². The number of hydrogen-bond donors (Lipinski definition) is 3. The highest BCUT2D eigenvalue weighted by atomic mass is 35.5. The first-order valence-corrected chi connectivity index (χ1v) is 5.57. The highest BCUT2D eigenvalue weighted by molar-refractivity contribution is 7.81. The molecule has 0 aliphatic carbocycles. The van der Waals surface area contributed by atoms with E-state index in [9.17, 15) is 0 Å². The SMILES string of the molecule is C1CN2CC12.Cl.Cl.OCC1CC(S)CN1. The minimum atomic E-state index is 0. The Labute approximate surface area is 109 Å². The zero-order valence-corrected chi connectivity index (χ0v) is 11.2. The summed E-state index contributed by atoms with van der Waals surface area (Å²) in [5.41, 5.74) is 0. The standard InChI is InChI=1S/C5H11NOS.C4H7N.2ClH/c7-3-4-1-5(8)2-6-4;1-2-5-3-4(1)5;;/h4-8H,1-3H2;4H,1-3H2;2*1H. The highest BCUT2D eigenvalue weighted by Gasteiger charge is 2.41. The Morgan fingerprint density at radius 1 is 1.40 bits per heavy atom. The molecule has 0 radical (unpaired) electrons. The van der Waals surface area contributed by atoms with E-state index in [4.69, 9.17) is 5.11 Å². The molecule has 4 unspecified atom stereocenters. The molecule has 92 valence electrons. The van der Waals surface area contributed by atoms with Crippen molar-refractivity contribution in [3.8, 4) is 0 Å². The smallest absolute Gasteiger partial charge is 0.0585 e. The van der Waals surface area contributed by atoms with Gasteiger partial charge in [0.05, 0.1) is 6.61 Å². The zero-order valence-electron chi connectivity index (χ0n) is 8.63. The quantitative estimate of drug-likeness (QED) is 0.483. The summed E-state index contributed by atoms with van der Waals surface area (Å²) < 4.78 is 0. The molecule has 3 saturated heterocycles. The van der Waals surface area contributed by atoms with Crippen LogP contribution in [-0.2, 0) is 0 Å². The van der Waals surface area contributed by atoms with Crippen molar-refractivity contribution in [2.24, 2.45) is 0 Å². The summed E-state index contributed by atoms with van der Waals surface area (Å²) >= 11 is 4.23. The molecule has 3 nitrogen and oxygen atoms in total. The van der Waals surface area contributed by atoms with Gasteiger partial charge in [-0.15, -0.1) is 24.8 Å². The van der Waals surface area contributed by atoms with Gasteiger partial charge in [0.25, 0.3) is 0 Å². The van der Waals surface area contributed by atoms with Crippen molar-refractivity contribution >= 4 is 37.4 Å². The number of nitrogens with one attached hydrogen (secondary N) is 1. The molecule has 3 aliphatic heterocycles. The maximum absolute atomic E-state index is 8.59. The Morgan fingerprint density at radius 3 is 2.20 bits per heavy atom. The summed E-state index contributed by atoms with van der Waals surface area (Å²) in [6.45, 7) is 4.00. The van der Waals surface area contributed by atoms with Crippen LogP contribution in [0.25, 0.3) is 0 Å². The summed E-state index contributed by atoms with van der Waals surface area (Å²) in [4.78, 5) is 2.47. The van der Waals surface area contributed by atoms with E-state index in [2.05, 4.69) is 22.8 Å². The maximum atomic E-state index is 8.59. The first kappa shape index (κ1) is 15.8. The average Bonchev–Trinajstić information content (AvgIpc) is 2.52. The summed E-state index contributed by atoms with van der Waals surface area (Å²) in [7, 11) is 0. The lowest BCUT2D eigenvalue weighted by molar-refractivity contribution is 0.255. The molecule has 3 rings (SSSR count). The molecule has 3 heterocycles. The van der Waals surface area contributed by atoms with Gasteiger partial charge in [0, 0.05) is 37.0 Å². The molecular formula is C9H20Cl2N2OS. The summed E-state index contributed by atoms with van der Waals surface area (Å²) in [6.07, 6.45) is 2.49. The fraction of sp³-hybridized carbons (Fsp3) is 1.00. The fourth-order valence-corrected chi connectivity index (χ4v) is 2.20. The van der Waals surface area contributed by atoms with E-state index < -0.39 is 0 Å². The van der Waals surface area contributed by atoms with Gasteiger partial charge < -0.3 is 10.4 Å². The monoisotopic (exact) mass is 274 g/mol. The summed E-state index contributed by atoms with van der Waals surface area (Å²) in [5, 5.41) is 12.2. The molecule has 15 heavy (non-hydrogen) atoms. The lowest BCUT2D eigenvalue weighted by Crippen LogP contribution is -2.24. The Kier molecular flexibility index (Phi) is 7.59.